The van der Waals surface area contributed by atoms with Crippen molar-refractivity contribution in [1.82, 2.24) is 24.5 Å². The number of halogens is 1. The first-order chi connectivity index (χ1) is 13.6. The van der Waals surface area contributed by atoms with E-state index in [0.29, 0.717) is 23.6 Å². The van der Waals surface area contributed by atoms with E-state index in [4.69, 9.17) is 11.6 Å². The minimum Gasteiger partial charge on any atom is -0.360 e. The van der Waals surface area contributed by atoms with E-state index in [-0.39, 0.29) is 22.7 Å². The van der Waals surface area contributed by atoms with Crippen molar-refractivity contribution in [2.45, 2.75) is 44.2 Å². The van der Waals surface area contributed by atoms with Crippen LogP contribution < -0.4 is 10.9 Å². The highest BCUT2D eigenvalue weighted by Gasteiger charge is 2.31. The van der Waals surface area contributed by atoms with Gasteiger partial charge in [-0.3, -0.25) is 14.3 Å². The highest BCUT2D eigenvalue weighted by Crippen LogP contribution is 2.39. The van der Waals surface area contributed by atoms with Crippen LogP contribution in [0.25, 0.3) is 11.2 Å². The van der Waals surface area contributed by atoms with Gasteiger partial charge in [-0.15, -0.1) is 11.8 Å². The summed E-state index contributed by atoms with van der Waals surface area (Å²) in [5.41, 5.74) is 1.67. The summed E-state index contributed by atoms with van der Waals surface area (Å²) >= 11 is 7.71. The van der Waals surface area contributed by atoms with Gasteiger partial charge in [-0.1, -0.05) is 6.92 Å². The molecule has 7 nitrogen and oxygen atoms in total. The van der Waals surface area contributed by atoms with Crippen LogP contribution in [0.3, 0.4) is 0 Å². The van der Waals surface area contributed by atoms with E-state index < -0.39 is 0 Å². The van der Waals surface area contributed by atoms with E-state index in [0.717, 1.165) is 29.2 Å². The van der Waals surface area contributed by atoms with Crippen molar-refractivity contribution >= 4 is 40.3 Å². The Morgan fingerprint density at radius 1 is 1.29 bits per heavy atom. The molecule has 0 unspecified atom stereocenters. The monoisotopic (exact) mass is 416 g/mol. The summed E-state index contributed by atoms with van der Waals surface area (Å²) in [4.78, 5) is 31.4. The Bertz CT molecular complexity index is 1050. The van der Waals surface area contributed by atoms with Gasteiger partial charge in [-0.25, -0.2) is 9.97 Å². The molecule has 1 N–H and O–H groups in total. The molecule has 0 saturated heterocycles. The fraction of sp³-hybridized carbons (Fsp3) is 0.421. The van der Waals surface area contributed by atoms with Crippen molar-refractivity contribution < 1.29 is 0 Å². The van der Waals surface area contributed by atoms with Crippen LogP contribution in [0.5, 0.6) is 0 Å². The zero-order valence-corrected chi connectivity index (χ0v) is 17.3. The van der Waals surface area contributed by atoms with E-state index >= 15 is 0 Å². The SMILES string of the molecule is CCSc1ccc(CNc2nc3cnc(Cl)nc3n([C@@H](C)C3CC3)c2=O)nc1. The summed E-state index contributed by atoms with van der Waals surface area (Å²) in [6.07, 6.45) is 5.64. The third kappa shape index (κ3) is 3.98. The highest BCUT2D eigenvalue weighted by molar-refractivity contribution is 7.99. The lowest BCUT2D eigenvalue weighted by molar-refractivity contribution is 0.482. The maximum atomic E-state index is 13.1. The number of anilines is 1. The molecule has 146 valence electrons. The van der Waals surface area contributed by atoms with E-state index in [1.807, 2.05) is 25.3 Å². The number of aromatic nitrogens is 5. The van der Waals surface area contributed by atoms with Crippen LogP contribution in [0.1, 0.15) is 38.4 Å². The normalized spacial score (nSPS) is 15.0. The quantitative estimate of drug-likeness (QED) is 0.461. The molecule has 1 atom stereocenters. The lowest BCUT2D eigenvalue weighted by atomic mass is 10.2. The molecule has 0 bridgehead atoms. The zero-order valence-electron chi connectivity index (χ0n) is 15.7. The highest BCUT2D eigenvalue weighted by atomic mass is 35.5. The van der Waals surface area contributed by atoms with Crippen LogP contribution in [0.4, 0.5) is 5.82 Å². The van der Waals surface area contributed by atoms with Gasteiger partial charge in [0.25, 0.3) is 5.56 Å². The number of thioether (sulfide) groups is 1. The molecule has 0 aliphatic heterocycles. The third-order valence-corrected chi connectivity index (χ3v) is 5.91. The van der Waals surface area contributed by atoms with Gasteiger partial charge in [-0.05, 0) is 55.2 Å². The van der Waals surface area contributed by atoms with Gasteiger partial charge >= 0.3 is 0 Å². The molecule has 0 amide bonds. The third-order valence-electron chi connectivity index (χ3n) is 4.86. The number of nitrogens with one attached hydrogen (secondary N) is 1. The number of fused-ring (bicyclic) bond motifs is 1. The summed E-state index contributed by atoms with van der Waals surface area (Å²) in [5, 5.41) is 3.25. The van der Waals surface area contributed by atoms with Crippen molar-refractivity contribution in [2.75, 3.05) is 11.1 Å². The van der Waals surface area contributed by atoms with Gasteiger partial charge in [0, 0.05) is 17.1 Å². The molecule has 1 aliphatic carbocycles. The fourth-order valence-electron chi connectivity index (χ4n) is 3.20. The molecule has 0 spiro atoms. The molecular formula is C19H21ClN6OS. The van der Waals surface area contributed by atoms with Gasteiger partial charge < -0.3 is 5.32 Å². The van der Waals surface area contributed by atoms with E-state index in [9.17, 15) is 4.79 Å². The number of pyridine rings is 1. The van der Waals surface area contributed by atoms with Crippen molar-refractivity contribution in [3.05, 3.63) is 45.9 Å². The number of rotatable bonds is 7. The summed E-state index contributed by atoms with van der Waals surface area (Å²) in [5.74, 6) is 1.76. The summed E-state index contributed by atoms with van der Waals surface area (Å²) in [6.45, 7) is 4.57. The van der Waals surface area contributed by atoms with Gasteiger partial charge in [0.15, 0.2) is 11.5 Å². The number of nitrogens with zero attached hydrogens (tertiary/aromatic N) is 5. The molecule has 1 saturated carbocycles. The summed E-state index contributed by atoms with van der Waals surface area (Å²) < 4.78 is 1.70. The van der Waals surface area contributed by atoms with Crippen LogP contribution in [-0.4, -0.2) is 30.3 Å². The molecule has 0 aromatic carbocycles. The molecule has 3 aromatic heterocycles. The first kappa shape index (κ1) is 19.1. The van der Waals surface area contributed by atoms with Gasteiger partial charge in [0.2, 0.25) is 5.28 Å². The van der Waals surface area contributed by atoms with E-state index in [2.05, 4.69) is 32.2 Å². The Kier molecular flexibility index (Phi) is 5.50. The molecule has 4 rings (SSSR count). The van der Waals surface area contributed by atoms with Crippen molar-refractivity contribution in [3.8, 4) is 0 Å². The Balaban J connectivity index is 1.66. The Morgan fingerprint density at radius 2 is 2.11 bits per heavy atom. The predicted molar refractivity (Wildman–Crippen MR) is 112 cm³/mol. The largest absolute Gasteiger partial charge is 0.360 e. The minimum atomic E-state index is -0.195. The van der Waals surface area contributed by atoms with E-state index in [1.165, 1.54) is 0 Å². The average molecular weight is 417 g/mol. The van der Waals surface area contributed by atoms with Gasteiger partial charge in [0.05, 0.1) is 18.4 Å². The molecule has 3 heterocycles. The predicted octanol–water partition coefficient (Wildman–Crippen LogP) is 3.93. The molecular weight excluding hydrogens is 396 g/mol. The maximum Gasteiger partial charge on any atom is 0.295 e. The molecule has 0 radical (unpaired) electrons. The Morgan fingerprint density at radius 3 is 2.79 bits per heavy atom. The summed E-state index contributed by atoms with van der Waals surface area (Å²) in [6, 6.07) is 4.03. The van der Waals surface area contributed by atoms with Crippen LogP contribution in [0.2, 0.25) is 5.28 Å². The lowest BCUT2D eigenvalue weighted by Crippen LogP contribution is -2.29. The van der Waals surface area contributed by atoms with Gasteiger partial charge in [-0.2, -0.15) is 4.98 Å². The van der Waals surface area contributed by atoms with E-state index in [1.54, 1.807) is 22.5 Å². The smallest absolute Gasteiger partial charge is 0.295 e. The topological polar surface area (TPSA) is 85.6 Å². The number of hydrogen-bond donors (Lipinski definition) is 1. The standard InChI is InChI=1S/C19H21ClN6OS/c1-3-28-14-7-6-13(21-9-14)8-22-16-18(27)26(11(2)12-4-5-12)17-15(24-16)10-23-19(20)25-17/h6-7,9-12H,3-5,8H2,1-2H3,(H,22,24)/t11-/m0/s1. The second-order valence-corrected chi connectivity index (χ2v) is 8.51. The molecule has 1 aliphatic rings. The van der Waals surface area contributed by atoms with Crippen LogP contribution in [0.15, 0.2) is 34.2 Å². The van der Waals surface area contributed by atoms with Crippen molar-refractivity contribution in [3.63, 3.8) is 0 Å². The molecule has 3 aromatic rings. The number of hydrogen-bond acceptors (Lipinski definition) is 7. The summed E-state index contributed by atoms with van der Waals surface area (Å²) in [7, 11) is 0. The Hall–Kier alpha value is -2.19. The zero-order chi connectivity index (χ0) is 19.7. The second kappa shape index (κ2) is 8.05. The average Bonchev–Trinajstić information content (AvgIpc) is 3.53. The van der Waals surface area contributed by atoms with Crippen LogP contribution in [0, 0.1) is 5.92 Å². The van der Waals surface area contributed by atoms with Crippen molar-refractivity contribution in [2.24, 2.45) is 5.92 Å². The van der Waals surface area contributed by atoms with Crippen LogP contribution >= 0.6 is 23.4 Å². The first-order valence-electron chi connectivity index (χ1n) is 9.33. The second-order valence-electron chi connectivity index (χ2n) is 6.83. The van der Waals surface area contributed by atoms with Gasteiger partial charge in [0.1, 0.15) is 5.52 Å². The molecule has 9 heteroatoms. The van der Waals surface area contributed by atoms with Crippen molar-refractivity contribution in [1.29, 1.82) is 0 Å². The minimum absolute atomic E-state index is 0.0352. The lowest BCUT2D eigenvalue weighted by Gasteiger charge is -2.18. The van der Waals surface area contributed by atoms with Crippen LogP contribution in [-0.2, 0) is 6.54 Å². The Labute approximate surface area is 172 Å². The molecule has 1 fully saturated rings. The maximum absolute atomic E-state index is 13.1. The fourth-order valence-corrected chi connectivity index (χ4v) is 3.96. The first-order valence-corrected chi connectivity index (χ1v) is 10.7. The molecule has 28 heavy (non-hydrogen) atoms.